The lowest BCUT2D eigenvalue weighted by atomic mass is 10.0. The van der Waals surface area contributed by atoms with Gasteiger partial charge in [0.1, 0.15) is 0 Å². The fraction of sp³-hybridized carbons (Fsp3) is 0.357. The maximum absolute atomic E-state index is 4.41. The summed E-state index contributed by atoms with van der Waals surface area (Å²) in [6.45, 7) is 3.27. The molecule has 0 bridgehead atoms. The second-order valence-electron chi connectivity index (χ2n) is 4.30. The molecule has 0 radical (unpaired) electrons. The van der Waals surface area contributed by atoms with Gasteiger partial charge in [0, 0.05) is 11.9 Å². The zero-order valence-corrected chi connectivity index (χ0v) is 10.4. The Bertz CT molecular complexity index is 448. The number of hydrogen-bond donors (Lipinski definition) is 1. The van der Waals surface area contributed by atoms with Crippen LogP contribution < -0.4 is 5.32 Å². The van der Waals surface area contributed by atoms with E-state index in [2.05, 4.69) is 35.5 Å². The molecule has 1 heterocycles. The Labute approximate surface area is 102 Å². The second kappa shape index (κ2) is 5.64. The first-order valence-electron chi connectivity index (χ1n) is 6.07. The second-order valence-corrected chi connectivity index (χ2v) is 4.30. The van der Waals surface area contributed by atoms with Gasteiger partial charge < -0.3 is 5.32 Å². The lowest BCUT2D eigenvalue weighted by Crippen LogP contribution is -2.13. The van der Waals surface area contributed by atoms with Crippen molar-refractivity contribution in [3.05, 3.63) is 48.3 Å². The van der Waals surface area contributed by atoms with Crippen molar-refractivity contribution >= 4 is 0 Å². The summed E-state index contributed by atoms with van der Waals surface area (Å²) in [6.07, 6.45) is 2.99. The third-order valence-electron chi connectivity index (χ3n) is 3.01. The van der Waals surface area contributed by atoms with Crippen LogP contribution in [0.2, 0.25) is 0 Å². The summed E-state index contributed by atoms with van der Waals surface area (Å²) in [5, 5.41) is 7.60. The van der Waals surface area contributed by atoms with Gasteiger partial charge in [-0.15, -0.1) is 0 Å². The van der Waals surface area contributed by atoms with Gasteiger partial charge in [0.25, 0.3) is 0 Å². The molecule has 1 unspecified atom stereocenters. The molecule has 2 rings (SSSR count). The van der Waals surface area contributed by atoms with E-state index in [1.807, 2.05) is 36.1 Å². The predicted molar refractivity (Wildman–Crippen MR) is 70.5 cm³/mol. The summed E-state index contributed by atoms with van der Waals surface area (Å²) in [6, 6.07) is 12.4. The molecule has 0 fully saturated rings. The highest BCUT2D eigenvalue weighted by atomic mass is 15.3. The Kier molecular flexibility index (Phi) is 3.94. The van der Waals surface area contributed by atoms with Gasteiger partial charge >= 0.3 is 0 Å². The molecule has 3 heteroatoms. The van der Waals surface area contributed by atoms with E-state index in [4.69, 9.17) is 0 Å². The fourth-order valence-corrected chi connectivity index (χ4v) is 1.98. The molecule has 90 valence electrons. The van der Waals surface area contributed by atoms with Crippen LogP contribution in [0.15, 0.2) is 42.6 Å². The maximum Gasteiger partial charge on any atom is 0.0648 e. The number of nitrogens with one attached hydrogen (secondary N) is 1. The Morgan fingerprint density at radius 1 is 1.24 bits per heavy atom. The van der Waals surface area contributed by atoms with Gasteiger partial charge in [0.05, 0.1) is 5.69 Å². The summed E-state index contributed by atoms with van der Waals surface area (Å²) in [4.78, 5) is 0. The molecule has 1 atom stereocenters. The van der Waals surface area contributed by atoms with Crippen molar-refractivity contribution in [3.8, 4) is 5.69 Å². The fourth-order valence-electron chi connectivity index (χ4n) is 1.98. The molecular weight excluding hydrogens is 210 g/mol. The van der Waals surface area contributed by atoms with Gasteiger partial charge in [-0.05, 0) is 44.1 Å². The Morgan fingerprint density at radius 3 is 2.71 bits per heavy atom. The maximum atomic E-state index is 4.41. The number of rotatable bonds is 5. The number of hydrogen-bond acceptors (Lipinski definition) is 2. The van der Waals surface area contributed by atoms with Crippen molar-refractivity contribution in [1.82, 2.24) is 15.1 Å². The van der Waals surface area contributed by atoms with Crippen LogP contribution >= 0.6 is 0 Å². The van der Waals surface area contributed by atoms with Crippen LogP contribution in [0.25, 0.3) is 5.69 Å². The van der Waals surface area contributed by atoms with Gasteiger partial charge in [-0.1, -0.05) is 25.1 Å². The summed E-state index contributed by atoms with van der Waals surface area (Å²) in [7, 11) is 1.99. The van der Waals surface area contributed by atoms with Crippen LogP contribution in [0.3, 0.4) is 0 Å². The molecular formula is C14H19N3. The molecule has 0 saturated carbocycles. The number of para-hydroxylation sites is 1. The summed E-state index contributed by atoms with van der Waals surface area (Å²) >= 11 is 0. The van der Waals surface area contributed by atoms with Crippen LogP contribution in [0, 0.1) is 0 Å². The molecule has 0 aliphatic rings. The summed E-state index contributed by atoms with van der Waals surface area (Å²) < 4.78 is 2.03. The van der Waals surface area contributed by atoms with Gasteiger partial charge in [-0.25, -0.2) is 4.68 Å². The van der Waals surface area contributed by atoms with Crippen molar-refractivity contribution in [1.29, 1.82) is 0 Å². The molecule has 0 saturated heterocycles. The first-order valence-corrected chi connectivity index (χ1v) is 6.07. The molecule has 1 N–H and O–H groups in total. The standard InChI is InChI=1S/C14H19N3/c1-12(8-10-15-2)14-9-11-16-17(14)13-6-4-3-5-7-13/h3-7,9,11-12,15H,8,10H2,1-2H3. The Balaban J connectivity index is 2.23. The minimum absolute atomic E-state index is 0.505. The van der Waals surface area contributed by atoms with Crippen molar-refractivity contribution in [2.24, 2.45) is 0 Å². The van der Waals surface area contributed by atoms with Crippen LogP contribution in [-0.4, -0.2) is 23.4 Å². The topological polar surface area (TPSA) is 29.9 Å². The Hall–Kier alpha value is -1.61. The molecule has 0 amide bonds. The molecule has 0 aliphatic heterocycles. The average Bonchev–Trinajstić information content (AvgIpc) is 2.86. The van der Waals surface area contributed by atoms with E-state index in [-0.39, 0.29) is 0 Å². The number of aromatic nitrogens is 2. The average molecular weight is 229 g/mol. The van der Waals surface area contributed by atoms with E-state index in [0.717, 1.165) is 18.7 Å². The van der Waals surface area contributed by atoms with Crippen LogP contribution in [-0.2, 0) is 0 Å². The zero-order chi connectivity index (χ0) is 12.1. The van der Waals surface area contributed by atoms with Gasteiger partial charge in [0.15, 0.2) is 0 Å². The SMILES string of the molecule is CNCCC(C)c1ccnn1-c1ccccc1. The van der Waals surface area contributed by atoms with E-state index in [1.54, 1.807) is 0 Å². The van der Waals surface area contributed by atoms with E-state index in [0.29, 0.717) is 5.92 Å². The largest absolute Gasteiger partial charge is 0.320 e. The predicted octanol–water partition coefficient (Wildman–Crippen LogP) is 2.59. The van der Waals surface area contributed by atoms with E-state index in [1.165, 1.54) is 5.69 Å². The van der Waals surface area contributed by atoms with Crippen molar-refractivity contribution in [2.45, 2.75) is 19.3 Å². The quantitative estimate of drug-likeness (QED) is 0.854. The highest BCUT2D eigenvalue weighted by molar-refractivity contribution is 5.33. The number of nitrogens with zero attached hydrogens (tertiary/aromatic N) is 2. The van der Waals surface area contributed by atoms with E-state index < -0.39 is 0 Å². The van der Waals surface area contributed by atoms with Gasteiger partial charge in [-0.2, -0.15) is 5.10 Å². The molecule has 17 heavy (non-hydrogen) atoms. The third kappa shape index (κ3) is 2.74. The van der Waals surface area contributed by atoms with E-state index >= 15 is 0 Å². The van der Waals surface area contributed by atoms with Gasteiger partial charge in [0.2, 0.25) is 0 Å². The highest BCUT2D eigenvalue weighted by Gasteiger charge is 2.11. The molecule has 1 aromatic carbocycles. The molecule has 0 spiro atoms. The Morgan fingerprint density at radius 2 is 2.00 bits per heavy atom. The molecule has 3 nitrogen and oxygen atoms in total. The van der Waals surface area contributed by atoms with Crippen LogP contribution in [0.5, 0.6) is 0 Å². The van der Waals surface area contributed by atoms with E-state index in [9.17, 15) is 0 Å². The smallest absolute Gasteiger partial charge is 0.0648 e. The van der Waals surface area contributed by atoms with Crippen LogP contribution in [0.1, 0.15) is 25.0 Å². The van der Waals surface area contributed by atoms with Crippen molar-refractivity contribution in [2.75, 3.05) is 13.6 Å². The monoisotopic (exact) mass is 229 g/mol. The molecule has 0 aliphatic carbocycles. The lowest BCUT2D eigenvalue weighted by Gasteiger charge is -2.14. The summed E-state index contributed by atoms with van der Waals surface area (Å²) in [5.74, 6) is 0.505. The first kappa shape index (κ1) is 11.9. The normalized spacial score (nSPS) is 12.6. The first-order chi connectivity index (χ1) is 8.33. The third-order valence-corrected chi connectivity index (χ3v) is 3.01. The summed E-state index contributed by atoms with van der Waals surface area (Å²) in [5.41, 5.74) is 2.40. The van der Waals surface area contributed by atoms with Gasteiger partial charge in [-0.3, -0.25) is 0 Å². The lowest BCUT2D eigenvalue weighted by molar-refractivity contribution is 0.603. The number of benzene rings is 1. The minimum Gasteiger partial charge on any atom is -0.320 e. The molecule has 2 aromatic rings. The van der Waals surface area contributed by atoms with Crippen LogP contribution in [0.4, 0.5) is 0 Å². The minimum atomic E-state index is 0.505. The van der Waals surface area contributed by atoms with Crippen molar-refractivity contribution < 1.29 is 0 Å². The van der Waals surface area contributed by atoms with Crippen molar-refractivity contribution in [3.63, 3.8) is 0 Å². The zero-order valence-electron chi connectivity index (χ0n) is 10.4. The highest BCUT2D eigenvalue weighted by Crippen LogP contribution is 2.21. The molecule has 1 aromatic heterocycles.